The van der Waals surface area contributed by atoms with Gasteiger partial charge in [-0.2, -0.15) is 0 Å². The average molecular weight is 418 g/mol. The SMILES string of the molecule is COc1cc(CN2CCc3cccc(CCc4ccc(C(=O)O)cc4)c32)cc(OC)c1. The first-order valence-electron chi connectivity index (χ1n) is 10.5. The summed E-state index contributed by atoms with van der Waals surface area (Å²) >= 11 is 0. The van der Waals surface area contributed by atoms with Crippen LogP contribution < -0.4 is 14.4 Å². The van der Waals surface area contributed by atoms with Crippen LogP contribution >= 0.6 is 0 Å². The van der Waals surface area contributed by atoms with Gasteiger partial charge in [0.2, 0.25) is 0 Å². The molecule has 1 aliphatic rings. The minimum Gasteiger partial charge on any atom is -0.497 e. The number of aryl methyl sites for hydroxylation is 2. The van der Waals surface area contributed by atoms with Gasteiger partial charge >= 0.3 is 5.97 Å². The van der Waals surface area contributed by atoms with Crippen LogP contribution in [0.4, 0.5) is 5.69 Å². The number of anilines is 1. The van der Waals surface area contributed by atoms with Crippen molar-refractivity contribution >= 4 is 11.7 Å². The molecule has 0 saturated heterocycles. The summed E-state index contributed by atoms with van der Waals surface area (Å²) in [6, 6.07) is 19.7. The zero-order valence-electron chi connectivity index (χ0n) is 17.9. The van der Waals surface area contributed by atoms with Crippen LogP contribution in [0.3, 0.4) is 0 Å². The highest BCUT2D eigenvalue weighted by Crippen LogP contribution is 2.35. The zero-order chi connectivity index (χ0) is 21.8. The summed E-state index contributed by atoms with van der Waals surface area (Å²) in [7, 11) is 3.34. The number of benzene rings is 3. The van der Waals surface area contributed by atoms with Crippen molar-refractivity contribution < 1.29 is 19.4 Å². The summed E-state index contributed by atoms with van der Waals surface area (Å²) in [6.07, 6.45) is 2.82. The fraction of sp³-hybridized carbons (Fsp3) is 0.269. The molecule has 1 aliphatic heterocycles. The Labute approximate surface area is 182 Å². The number of fused-ring (bicyclic) bond motifs is 1. The molecule has 0 fully saturated rings. The number of methoxy groups -OCH3 is 2. The van der Waals surface area contributed by atoms with Gasteiger partial charge in [-0.3, -0.25) is 0 Å². The molecule has 0 bridgehead atoms. The van der Waals surface area contributed by atoms with E-state index in [4.69, 9.17) is 14.6 Å². The number of carbonyl (C=O) groups is 1. The van der Waals surface area contributed by atoms with Crippen molar-refractivity contribution in [2.75, 3.05) is 25.7 Å². The molecule has 0 saturated carbocycles. The lowest BCUT2D eigenvalue weighted by Crippen LogP contribution is -2.21. The summed E-state index contributed by atoms with van der Waals surface area (Å²) in [6.45, 7) is 1.78. The van der Waals surface area contributed by atoms with E-state index in [2.05, 4.69) is 35.2 Å². The van der Waals surface area contributed by atoms with Crippen molar-refractivity contribution in [1.29, 1.82) is 0 Å². The van der Waals surface area contributed by atoms with Gasteiger partial charge in [0, 0.05) is 24.8 Å². The summed E-state index contributed by atoms with van der Waals surface area (Å²) in [5, 5.41) is 9.08. The molecule has 0 amide bonds. The third-order valence-electron chi connectivity index (χ3n) is 5.84. The Kier molecular flexibility index (Phi) is 6.12. The van der Waals surface area contributed by atoms with Gasteiger partial charge in [0.05, 0.1) is 19.8 Å². The molecule has 4 rings (SSSR count). The van der Waals surface area contributed by atoms with E-state index < -0.39 is 5.97 Å². The van der Waals surface area contributed by atoms with Gasteiger partial charge in [-0.1, -0.05) is 30.3 Å². The van der Waals surface area contributed by atoms with Gasteiger partial charge in [0.1, 0.15) is 11.5 Å². The van der Waals surface area contributed by atoms with Gasteiger partial charge in [-0.05, 0) is 65.8 Å². The lowest BCUT2D eigenvalue weighted by molar-refractivity contribution is 0.0697. The normalized spacial score (nSPS) is 12.5. The number of ether oxygens (including phenoxy) is 2. The monoisotopic (exact) mass is 417 g/mol. The number of rotatable bonds is 8. The minimum atomic E-state index is -0.891. The molecule has 0 aromatic heterocycles. The summed E-state index contributed by atoms with van der Waals surface area (Å²) in [5.74, 6) is 0.705. The summed E-state index contributed by atoms with van der Waals surface area (Å²) in [5.41, 5.74) is 6.66. The first-order valence-corrected chi connectivity index (χ1v) is 10.5. The van der Waals surface area contributed by atoms with Gasteiger partial charge in [-0.25, -0.2) is 4.79 Å². The molecule has 3 aromatic carbocycles. The van der Waals surface area contributed by atoms with Crippen molar-refractivity contribution in [3.63, 3.8) is 0 Å². The third-order valence-corrected chi connectivity index (χ3v) is 5.84. The largest absolute Gasteiger partial charge is 0.497 e. The molecular weight excluding hydrogens is 390 g/mol. The van der Waals surface area contributed by atoms with Crippen LogP contribution in [0.1, 0.15) is 32.6 Å². The molecule has 1 heterocycles. The molecule has 31 heavy (non-hydrogen) atoms. The van der Waals surface area contributed by atoms with E-state index in [0.717, 1.165) is 55.0 Å². The molecule has 0 aliphatic carbocycles. The summed E-state index contributed by atoms with van der Waals surface area (Å²) < 4.78 is 10.9. The fourth-order valence-corrected chi connectivity index (χ4v) is 4.25. The van der Waals surface area contributed by atoms with Crippen molar-refractivity contribution in [1.82, 2.24) is 0 Å². The highest BCUT2D eigenvalue weighted by molar-refractivity contribution is 5.87. The van der Waals surface area contributed by atoms with Gasteiger partial charge < -0.3 is 19.5 Å². The summed E-state index contributed by atoms with van der Waals surface area (Å²) in [4.78, 5) is 13.5. The van der Waals surface area contributed by atoms with Crippen molar-refractivity contribution in [3.8, 4) is 11.5 Å². The maximum absolute atomic E-state index is 11.1. The maximum atomic E-state index is 11.1. The molecule has 1 N–H and O–H groups in total. The Hall–Kier alpha value is -3.47. The Morgan fingerprint density at radius 3 is 2.29 bits per heavy atom. The van der Waals surface area contributed by atoms with Crippen LogP contribution in [0.5, 0.6) is 11.5 Å². The number of carboxylic acids is 1. The van der Waals surface area contributed by atoms with E-state index in [9.17, 15) is 4.79 Å². The van der Waals surface area contributed by atoms with Crippen LogP contribution in [0.25, 0.3) is 0 Å². The molecule has 0 unspecified atom stereocenters. The lowest BCUT2D eigenvalue weighted by atomic mass is 9.99. The van der Waals surface area contributed by atoms with Crippen molar-refractivity contribution in [2.24, 2.45) is 0 Å². The molecule has 5 heteroatoms. The first-order chi connectivity index (χ1) is 15.1. The van der Waals surface area contributed by atoms with E-state index in [1.165, 1.54) is 16.8 Å². The van der Waals surface area contributed by atoms with E-state index in [1.54, 1.807) is 26.4 Å². The van der Waals surface area contributed by atoms with Gasteiger partial charge in [0.25, 0.3) is 0 Å². The van der Waals surface area contributed by atoms with Crippen molar-refractivity contribution in [3.05, 3.63) is 88.5 Å². The Balaban J connectivity index is 1.53. The van der Waals surface area contributed by atoms with Gasteiger partial charge in [-0.15, -0.1) is 0 Å². The highest BCUT2D eigenvalue weighted by atomic mass is 16.5. The number of para-hydroxylation sites is 1. The molecule has 0 spiro atoms. The van der Waals surface area contributed by atoms with Crippen LogP contribution in [-0.4, -0.2) is 31.8 Å². The highest BCUT2D eigenvalue weighted by Gasteiger charge is 2.22. The van der Waals surface area contributed by atoms with Crippen LogP contribution in [-0.2, 0) is 25.8 Å². The smallest absolute Gasteiger partial charge is 0.335 e. The quantitative estimate of drug-likeness (QED) is 0.573. The zero-order valence-corrected chi connectivity index (χ0v) is 17.9. The predicted octanol–water partition coefficient (Wildman–Crippen LogP) is 4.75. The molecule has 160 valence electrons. The van der Waals surface area contributed by atoms with Crippen molar-refractivity contribution in [2.45, 2.75) is 25.8 Å². The fourth-order valence-electron chi connectivity index (χ4n) is 4.25. The van der Waals surface area contributed by atoms with E-state index in [1.807, 2.05) is 18.2 Å². The van der Waals surface area contributed by atoms with E-state index >= 15 is 0 Å². The third kappa shape index (κ3) is 4.66. The molecule has 5 nitrogen and oxygen atoms in total. The average Bonchev–Trinajstić information content (AvgIpc) is 3.21. The topological polar surface area (TPSA) is 59.0 Å². The second-order valence-electron chi connectivity index (χ2n) is 7.82. The standard InChI is InChI=1S/C26H27NO4/c1-30-23-14-19(15-24(16-23)31-2)17-27-13-12-21-5-3-4-20(25(21)27)9-6-18-7-10-22(11-8-18)26(28)29/h3-5,7-8,10-11,14-16H,6,9,12-13,17H2,1-2H3,(H,28,29). The number of aromatic carboxylic acids is 1. The predicted molar refractivity (Wildman–Crippen MR) is 122 cm³/mol. The lowest BCUT2D eigenvalue weighted by Gasteiger charge is -2.23. The van der Waals surface area contributed by atoms with Crippen LogP contribution in [0.2, 0.25) is 0 Å². The number of carboxylic acid groups (broad SMARTS) is 1. The van der Waals surface area contributed by atoms with Gasteiger partial charge in [0.15, 0.2) is 0 Å². The number of hydrogen-bond acceptors (Lipinski definition) is 4. The number of hydrogen-bond donors (Lipinski definition) is 1. The first kappa shape index (κ1) is 20.8. The maximum Gasteiger partial charge on any atom is 0.335 e. The second-order valence-corrected chi connectivity index (χ2v) is 7.82. The Bertz CT molecular complexity index is 1050. The van der Waals surface area contributed by atoms with Crippen LogP contribution in [0, 0.1) is 0 Å². The molecule has 0 radical (unpaired) electrons. The van der Waals surface area contributed by atoms with Crippen LogP contribution in [0.15, 0.2) is 60.7 Å². The number of nitrogens with zero attached hydrogens (tertiary/aromatic N) is 1. The van der Waals surface area contributed by atoms with E-state index in [-0.39, 0.29) is 0 Å². The Morgan fingerprint density at radius 2 is 1.65 bits per heavy atom. The molecular formula is C26H27NO4. The molecule has 0 atom stereocenters. The Morgan fingerprint density at radius 1 is 0.935 bits per heavy atom. The van der Waals surface area contributed by atoms with E-state index in [0.29, 0.717) is 5.56 Å². The second kappa shape index (κ2) is 9.13. The molecule has 3 aromatic rings. The minimum absolute atomic E-state index is 0.323.